The van der Waals surface area contributed by atoms with E-state index < -0.39 is 122 Å². The van der Waals surface area contributed by atoms with Gasteiger partial charge in [-0.25, -0.2) is 9.67 Å². The minimum atomic E-state index is -1.57. The molecule has 0 spiro atoms. The van der Waals surface area contributed by atoms with E-state index in [1.165, 1.54) is 0 Å². The van der Waals surface area contributed by atoms with Crippen LogP contribution in [0.3, 0.4) is 0 Å². The van der Waals surface area contributed by atoms with E-state index in [0.29, 0.717) is 0 Å². The molecular formula is C32H44N6O18. The maximum Gasteiger partial charge on any atom is 0.305 e. The van der Waals surface area contributed by atoms with Gasteiger partial charge in [0, 0.05) is 54.5 Å². The maximum atomic E-state index is 13.1. The van der Waals surface area contributed by atoms with E-state index in [1.54, 1.807) is 0 Å². The number of nitrogens with one attached hydrogen (secondary N) is 2. The molecule has 0 bridgehead atoms. The Balaban J connectivity index is 1.58. The Labute approximate surface area is 318 Å². The Morgan fingerprint density at radius 1 is 0.714 bits per heavy atom. The molecule has 2 saturated heterocycles. The van der Waals surface area contributed by atoms with Crippen LogP contribution in [0.25, 0.3) is 0 Å². The van der Waals surface area contributed by atoms with E-state index in [1.807, 2.05) is 0 Å². The highest BCUT2D eigenvalue weighted by Crippen LogP contribution is 2.34. The predicted octanol–water partition coefficient (Wildman–Crippen LogP) is -2.75. The average Bonchev–Trinajstić information content (AvgIpc) is 3.69. The molecule has 0 saturated carbocycles. The highest BCUT2D eigenvalue weighted by molar-refractivity contribution is 5.88. The van der Waals surface area contributed by atoms with Gasteiger partial charge < -0.3 is 59.0 Å². The predicted molar refractivity (Wildman–Crippen MR) is 177 cm³/mol. The molecule has 24 nitrogen and oxygen atoms in total. The third kappa shape index (κ3) is 13.5. The van der Waals surface area contributed by atoms with Gasteiger partial charge >= 0.3 is 35.8 Å². The number of nitrogens with zero attached hydrogens (tertiary/aromatic N) is 3. The fourth-order valence-electron chi connectivity index (χ4n) is 5.59. The quantitative estimate of drug-likeness (QED) is 0.0770. The van der Waals surface area contributed by atoms with Crippen LogP contribution in [-0.2, 0) is 81.0 Å². The first-order valence-electron chi connectivity index (χ1n) is 17.0. The lowest BCUT2D eigenvalue weighted by Crippen LogP contribution is -2.67. The molecule has 24 heteroatoms. The van der Waals surface area contributed by atoms with Crippen molar-refractivity contribution in [3.05, 3.63) is 12.2 Å². The van der Waals surface area contributed by atoms with Crippen molar-refractivity contribution in [2.45, 2.75) is 110 Å². The van der Waals surface area contributed by atoms with Gasteiger partial charge in [0.25, 0.3) is 5.91 Å². The highest BCUT2D eigenvalue weighted by atomic mass is 16.7. The second-order valence-electron chi connectivity index (χ2n) is 12.3. The molecule has 3 unspecified atom stereocenters. The molecule has 3 amide bonds. The van der Waals surface area contributed by atoms with Gasteiger partial charge in [0.15, 0.2) is 30.6 Å². The van der Waals surface area contributed by atoms with Crippen molar-refractivity contribution in [2.24, 2.45) is 5.73 Å². The Morgan fingerprint density at radius 3 is 1.82 bits per heavy atom. The zero-order valence-electron chi connectivity index (χ0n) is 31.3. The number of hydrogen-bond donors (Lipinski definition) is 3. The Morgan fingerprint density at radius 2 is 1.27 bits per heavy atom. The first-order chi connectivity index (χ1) is 26.4. The Hall–Kier alpha value is -5.75. The summed E-state index contributed by atoms with van der Waals surface area (Å²) in [7, 11) is 0. The third-order valence-electron chi connectivity index (χ3n) is 7.61. The number of rotatable bonds is 18. The molecule has 4 N–H and O–H groups in total. The SMILES string of the molecule is CC(=O)OCC1O[C@@H](OC(C)=O)C(NC(=O)CCCNC(=O)COC[C@H]2O[C@@H](n3cnc(C(N)=O)n3)[C@H](OC(C)=O)[C@@H]2OC(C)=O)C(OC(C)=O)[C@H]1OC(C)=O. The highest BCUT2D eigenvalue weighted by Gasteiger charge is 2.53. The van der Waals surface area contributed by atoms with Crippen molar-refractivity contribution in [3.8, 4) is 0 Å². The van der Waals surface area contributed by atoms with Gasteiger partial charge in [0.1, 0.15) is 37.8 Å². The van der Waals surface area contributed by atoms with Crippen molar-refractivity contribution < 1.29 is 85.8 Å². The van der Waals surface area contributed by atoms with Crippen molar-refractivity contribution in [3.63, 3.8) is 0 Å². The van der Waals surface area contributed by atoms with Crippen LogP contribution in [-0.4, -0.2) is 144 Å². The summed E-state index contributed by atoms with van der Waals surface area (Å²) in [6.45, 7) is 5.18. The Bertz CT molecular complexity index is 1630. The van der Waals surface area contributed by atoms with Gasteiger partial charge in [-0.3, -0.25) is 43.2 Å². The number of amides is 3. The molecule has 2 aliphatic rings. The summed E-state index contributed by atoms with van der Waals surface area (Å²) in [4.78, 5) is 112. The summed E-state index contributed by atoms with van der Waals surface area (Å²) in [5.41, 5.74) is 5.22. The number of aromatic nitrogens is 3. The first kappa shape index (κ1) is 44.6. The largest absolute Gasteiger partial charge is 0.463 e. The van der Waals surface area contributed by atoms with E-state index in [4.69, 9.17) is 48.4 Å². The van der Waals surface area contributed by atoms with Crippen LogP contribution < -0.4 is 16.4 Å². The van der Waals surface area contributed by atoms with E-state index in [9.17, 15) is 43.2 Å². The van der Waals surface area contributed by atoms with E-state index in [2.05, 4.69) is 20.7 Å². The van der Waals surface area contributed by atoms with E-state index >= 15 is 0 Å². The second kappa shape index (κ2) is 20.8. The number of esters is 6. The summed E-state index contributed by atoms with van der Waals surface area (Å²) in [6, 6.07) is -1.39. The smallest absolute Gasteiger partial charge is 0.305 e. The standard InChI is InChI=1S/C32H44N6O18/c1-14(39)49-11-21-25(50-15(2)40)27(52-17(4)42)24(32(56-21)54-19(6)44)36-22(45)8-7-9-34-23(46)12-48-10-20-26(51-16(3)41)28(53-18(5)43)31(55-20)38-13-35-30(37-38)29(33)47/h13,20-21,24-28,31-32H,7-12H2,1-6H3,(H2,33,47)(H,34,46)(H,36,45)/t20-,21?,24?,25+,26-,27?,28-,31-,32-/m1/s1. The van der Waals surface area contributed by atoms with Crippen molar-refractivity contribution in [2.75, 3.05) is 26.4 Å². The molecule has 0 radical (unpaired) electrons. The lowest BCUT2D eigenvalue weighted by molar-refractivity contribution is -0.271. The molecule has 1 aromatic heterocycles. The number of carbonyl (C=O) groups is 9. The van der Waals surface area contributed by atoms with Crippen LogP contribution in [0.4, 0.5) is 0 Å². The first-order valence-corrected chi connectivity index (χ1v) is 17.0. The number of nitrogens with two attached hydrogens (primary N) is 1. The molecule has 0 aliphatic carbocycles. The molecule has 3 heterocycles. The van der Waals surface area contributed by atoms with Crippen molar-refractivity contribution in [1.29, 1.82) is 0 Å². The maximum absolute atomic E-state index is 13.1. The number of hydrogen-bond acceptors (Lipinski definition) is 20. The Kier molecular flexibility index (Phi) is 16.6. The molecule has 2 fully saturated rings. The molecular weight excluding hydrogens is 756 g/mol. The molecule has 3 rings (SSSR count). The second-order valence-corrected chi connectivity index (χ2v) is 12.3. The van der Waals surface area contributed by atoms with Crippen LogP contribution in [0.5, 0.6) is 0 Å². The zero-order chi connectivity index (χ0) is 41.7. The normalized spacial score (nSPS) is 25.5. The van der Waals surface area contributed by atoms with Crippen LogP contribution in [0, 0.1) is 0 Å². The van der Waals surface area contributed by atoms with E-state index in [-0.39, 0.29) is 31.8 Å². The third-order valence-corrected chi connectivity index (χ3v) is 7.61. The van der Waals surface area contributed by atoms with Gasteiger partial charge in [-0.05, 0) is 6.42 Å². The lowest BCUT2D eigenvalue weighted by atomic mass is 9.95. The summed E-state index contributed by atoms with van der Waals surface area (Å²) in [6.07, 6.45) is -9.52. The van der Waals surface area contributed by atoms with Gasteiger partial charge in [-0.2, -0.15) is 0 Å². The van der Waals surface area contributed by atoms with E-state index in [0.717, 1.165) is 52.6 Å². The monoisotopic (exact) mass is 800 g/mol. The lowest BCUT2D eigenvalue weighted by Gasteiger charge is -2.44. The van der Waals surface area contributed by atoms with Gasteiger partial charge in [-0.15, -0.1) is 5.10 Å². The van der Waals surface area contributed by atoms with Crippen LogP contribution in [0.2, 0.25) is 0 Å². The van der Waals surface area contributed by atoms with Crippen LogP contribution in [0.1, 0.15) is 71.2 Å². The van der Waals surface area contributed by atoms with Gasteiger partial charge in [0.05, 0.1) is 6.61 Å². The minimum Gasteiger partial charge on any atom is -0.463 e. The van der Waals surface area contributed by atoms with Crippen molar-refractivity contribution >= 4 is 53.5 Å². The summed E-state index contributed by atoms with van der Waals surface area (Å²) >= 11 is 0. The zero-order valence-corrected chi connectivity index (χ0v) is 31.3. The fourth-order valence-corrected chi connectivity index (χ4v) is 5.59. The van der Waals surface area contributed by atoms with Crippen LogP contribution in [0.15, 0.2) is 6.33 Å². The molecule has 310 valence electrons. The minimum absolute atomic E-state index is 0.0286. The van der Waals surface area contributed by atoms with Crippen LogP contribution >= 0.6 is 0 Å². The topological polar surface area (TPSA) is 317 Å². The molecule has 1 aromatic rings. The summed E-state index contributed by atoms with van der Waals surface area (Å²) in [5.74, 6) is -7.26. The molecule has 56 heavy (non-hydrogen) atoms. The number of ether oxygens (including phenoxy) is 9. The van der Waals surface area contributed by atoms with Gasteiger partial charge in [0.2, 0.25) is 23.9 Å². The molecule has 2 aliphatic heterocycles. The number of carbonyl (C=O) groups excluding carboxylic acids is 9. The molecule has 9 atom stereocenters. The van der Waals surface area contributed by atoms with Gasteiger partial charge in [-0.1, -0.05) is 0 Å². The number of primary amides is 1. The summed E-state index contributed by atoms with van der Waals surface area (Å²) < 4.78 is 49.8. The van der Waals surface area contributed by atoms with Crippen molar-refractivity contribution in [1.82, 2.24) is 25.4 Å². The average molecular weight is 801 g/mol. The summed E-state index contributed by atoms with van der Waals surface area (Å²) in [5, 5.41) is 9.02. The fraction of sp³-hybridized carbons (Fsp3) is 0.656. The molecule has 0 aromatic carbocycles.